The summed E-state index contributed by atoms with van der Waals surface area (Å²) in [6, 6.07) is 8.35. The Morgan fingerprint density at radius 2 is 1.62 bits per heavy atom. The lowest BCUT2D eigenvalue weighted by atomic mass is 9.32. The van der Waals surface area contributed by atoms with E-state index in [2.05, 4.69) is 94.4 Å². The first-order valence-corrected chi connectivity index (χ1v) is 17.2. The van der Waals surface area contributed by atoms with Gasteiger partial charge in [-0.1, -0.05) is 74.8 Å². The number of hydrogen-bond donors (Lipinski definition) is 0. The van der Waals surface area contributed by atoms with Crippen LogP contribution in [0.1, 0.15) is 105 Å². The van der Waals surface area contributed by atoms with Gasteiger partial charge in [-0.3, -0.25) is 9.59 Å². The molecule has 4 heteroatoms. The average Bonchev–Trinajstić information content (AvgIpc) is 3.34. The van der Waals surface area contributed by atoms with E-state index in [4.69, 9.17) is 4.74 Å². The Balaban J connectivity index is 1.41. The number of Topliss-reactive ketones (excluding diaryl/α,β-unsaturated/α-hetero) is 1. The van der Waals surface area contributed by atoms with E-state index >= 15 is 0 Å². The maximum absolute atomic E-state index is 14.1. The van der Waals surface area contributed by atoms with Gasteiger partial charge in [0.05, 0.1) is 12.5 Å². The molecule has 5 aliphatic carbocycles. The molecule has 5 saturated carbocycles. The first-order valence-electron chi connectivity index (χ1n) is 16.4. The third-order valence-electron chi connectivity index (χ3n) is 14.5. The monoisotopic (exact) mass is 634 g/mol. The Morgan fingerprint density at radius 3 is 2.26 bits per heavy atom. The summed E-state index contributed by atoms with van der Waals surface area (Å²) in [6.45, 7) is 18.8. The van der Waals surface area contributed by atoms with Crippen LogP contribution in [0.3, 0.4) is 0 Å². The highest BCUT2D eigenvalue weighted by atomic mass is 79.9. The van der Waals surface area contributed by atoms with Gasteiger partial charge in [-0.25, -0.2) is 0 Å². The lowest BCUT2D eigenvalue weighted by Gasteiger charge is -2.72. The van der Waals surface area contributed by atoms with Crippen LogP contribution in [0, 0.1) is 56.7 Å². The summed E-state index contributed by atoms with van der Waals surface area (Å²) in [5.41, 5.74) is 2.98. The molecule has 0 bridgehead atoms. The van der Waals surface area contributed by atoms with Crippen molar-refractivity contribution >= 4 is 33.8 Å². The fraction of sp³-hybridized carbons (Fsp3) is 0.684. The molecule has 5 fully saturated rings. The minimum Gasteiger partial charge on any atom is -0.469 e. The minimum atomic E-state index is -0.379. The molecular weight excluding hydrogens is 584 g/mol. The van der Waals surface area contributed by atoms with Gasteiger partial charge in [-0.2, -0.15) is 0 Å². The molecular formula is C38H51BrO3. The second-order valence-corrected chi connectivity index (χ2v) is 17.2. The van der Waals surface area contributed by atoms with Gasteiger partial charge in [0.25, 0.3) is 0 Å². The first-order chi connectivity index (χ1) is 19.7. The molecule has 0 radical (unpaired) electrons. The summed E-state index contributed by atoms with van der Waals surface area (Å²) in [7, 11) is 1.59. The van der Waals surface area contributed by atoms with Crippen LogP contribution in [-0.4, -0.2) is 18.9 Å². The molecule has 6 rings (SSSR count). The molecule has 0 aromatic heterocycles. The highest BCUT2D eigenvalue weighted by Crippen LogP contribution is 2.77. The number of halogens is 1. The van der Waals surface area contributed by atoms with Crippen molar-refractivity contribution < 1.29 is 14.3 Å². The second kappa shape index (κ2) is 9.91. The summed E-state index contributed by atoms with van der Waals surface area (Å²) in [4.78, 5) is 27.6. The molecule has 5 aliphatic rings. The highest BCUT2D eigenvalue weighted by Gasteiger charge is 2.72. The third kappa shape index (κ3) is 3.94. The standard InChI is InChI=1S/C38H51BrO3/c1-23(2)27-15-18-38(33(41)42-8)20-19-36(6)28(31(27)38)13-14-30-35(5)22-25(21-24-9-11-26(39)12-10-24)32(40)34(3,4)29(35)16-17-37(30,36)7/h9-12,21,27-31H,1,13-20,22H2,2-8H3/b25-21+/t27-,28-,29-,30+,31-,35+,36-,37+,38+/m1/s1. The summed E-state index contributed by atoms with van der Waals surface area (Å²) in [6.07, 6.45) is 11.7. The van der Waals surface area contributed by atoms with E-state index in [0.29, 0.717) is 35.4 Å². The van der Waals surface area contributed by atoms with Crippen molar-refractivity contribution in [3.05, 3.63) is 52.0 Å². The van der Waals surface area contributed by atoms with Crippen LogP contribution >= 0.6 is 15.9 Å². The number of esters is 1. The van der Waals surface area contributed by atoms with E-state index in [1.165, 1.54) is 18.4 Å². The van der Waals surface area contributed by atoms with E-state index in [9.17, 15) is 9.59 Å². The number of carbonyl (C=O) groups excluding carboxylic acids is 2. The van der Waals surface area contributed by atoms with Crippen LogP contribution in [0.2, 0.25) is 0 Å². The molecule has 3 nitrogen and oxygen atoms in total. The van der Waals surface area contributed by atoms with Crippen molar-refractivity contribution in [3.8, 4) is 0 Å². The number of benzene rings is 1. The minimum absolute atomic E-state index is 0.0245. The van der Waals surface area contributed by atoms with E-state index in [-0.39, 0.29) is 33.0 Å². The quantitative estimate of drug-likeness (QED) is 0.189. The molecule has 0 spiro atoms. The Morgan fingerprint density at radius 1 is 0.929 bits per heavy atom. The number of ketones is 1. The van der Waals surface area contributed by atoms with Crippen LogP contribution in [0.15, 0.2) is 46.5 Å². The maximum atomic E-state index is 14.1. The van der Waals surface area contributed by atoms with Crippen molar-refractivity contribution in [2.24, 2.45) is 56.7 Å². The first kappa shape index (κ1) is 30.4. The number of methoxy groups -OCH3 is 1. The number of fused-ring (bicyclic) bond motifs is 7. The van der Waals surface area contributed by atoms with Gasteiger partial charge < -0.3 is 4.74 Å². The predicted octanol–water partition coefficient (Wildman–Crippen LogP) is 9.84. The molecule has 0 heterocycles. The number of rotatable bonds is 3. The summed E-state index contributed by atoms with van der Waals surface area (Å²) in [5.74, 6) is 2.50. The Bertz CT molecular complexity index is 1340. The molecule has 0 amide bonds. The summed E-state index contributed by atoms with van der Waals surface area (Å²) < 4.78 is 6.60. The van der Waals surface area contributed by atoms with Crippen molar-refractivity contribution in [1.82, 2.24) is 0 Å². The molecule has 0 N–H and O–H groups in total. The molecule has 228 valence electrons. The Kier molecular flexibility index (Phi) is 7.16. The Labute approximate surface area is 262 Å². The van der Waals surface area contributed by atoms with Gasteiger partial charge in [-0.05, 0) is 140 Å². The van der Waals surface area contributed by atoms with Gasteiger partial charge in [0.15, 0.2) is 5.78 Å². The van der Waals surface area contributed by atoms with Crippen molar-refractivity contribution in [2.75, 3.05) is 7.11 Å². The zero-order valence-corrected chi connectivity index (χ0v) is 28.5. The van der Waals surface area contributed by atoms with Gasteiger partial charge in [0.2, 0.25) is 0 Å². The third-order valence-corrected chi connectivity index (χ3v) is 15.0. The fourth-order valence-corrected chi connectivity index (χ4v) is 12.7. The predicted molar refractivity (Wildman–Crippen MR) is 173 cm³/mol. The smallest absolute Gasteiger partial charge is 0.312 e. The van der Waals surface area contributed by atoms with Gasteiger partial charge in [0.1, 0.15) is 0 Å². The SMILES string of the molecule is C=C(C)[C@H]1CC[C@]2(C(=O)OC)CC[C@]3(C)[C@H](CC[C@H]4[C@@]5(C)C/C(=C\c6ccc(Br)cc6)C(=O)C(C)(C)[C@H]5CC[C@@]43C)[C@@H]12. The van der Waals surface area contributed by atoms with E-state index in [1.807, 2.05) is 0 Å². The van der Waals surface area contributed by atoms with Crippen LogP contribution in [0.25, 0.3) is 6.08 Å². The lowest BCUT2D eigenvalue weighted by Crippen LogP contribution is -2.67. The average molecular weight is 636 g/mol. The van der Waals surface area contributed by atoms with Crippen LogP contribution in [0.4, 0.5) is 0 Å². The maximum Gasteiger partial charge on any atom is 0.312 e. The van der Waals surface area contributed by atoms with E-state index in [1.54, 1.807) is 7.11 Å². The fourth-order valence-electron chi connectivity index (χ4n) is 12.4. The molecule has 42 heavy (non-hydrogen) atoms. The number of ether oxygens (including phenoxy) is 1. The number of carbonyl (C=O) groups is 2. The van der Waals surface area contributed by atoms with Crippen molar-refractivity contribution in [2.45, 2.75) is 99.3 Å². The van der Waals surface area contributed by atoms with Crippen LogP contribution in [-0.2, 0) is 14.3 Å². The van der Waals surface area contributed by atoms with Gasteiger partial charge >= 0.3 is 5.97 Å². The van der Waals surface area contributed by atoms with E-state index in [0.717, 1.165) is 60.6 Å². The summed E-state index contributed by atoms with van der Waals surface area (Å²) in [5, 5.41) is 0. The highest BCUT2D eigenvalue weighted by molar-refractivity contribution is 9.10. The van der Waals surface area contributed by atoms with Crippen molar-refractivity contribution in [1.29, 1.82) is 0 Å². The normalized spacial score (nSPS) is 44.9. The zero-order chi connectivity index (χ0) is 30.5. The largest absolute Gasteiger partial charge is 0.469 e. The molecule has 0 unspecified atom stereocenters. The molecule has 1 aromatic rings. The molecule has 0 aliphatic heterocycles. The van der Waals surface area contributed by atoms with Gasteiger partial charge in [-0.15, -0.1) is 0 Å². The van der Waals surface area contributed by atoms with E-state index < -0.39 is 0 Å². The van der Waals surface area contributed by atoms with Crippen LogP contribution < -0.4 is 0 Å². The number of allylic oxidation sites excluding steroid dienone is 2. The lowest BCUT2D eigenvalue weighted by molar-refractivity contribution is -0.232. The molecule has 0 saturated heterocycles. The second-order valence-electron chi connectivity index (χ2n) is 16.3. The zero-order valence-electron chi connectivity index (χ0n) is 26.9. The molecule has 1 aromatic carbocycles. The Hall–Kier alpha value is -1.68. The molecule has 9 atom stereocenters. The van der Waals surface area contributed by atoms with Gasteiger partial charge in [0, 0.05) is 9.89 Å². The topological polar surface area (TPSA) is 43.4 Å². The van der Waals surface area contributed by atoms with Crippen molar-refractivity contribution in [3.63, 3.8) is 0 Å². The summed E-state index contributed by atoms with van der Waals surface area (Å²) >= 11 is 3.56. The van der Waals surface area contributed by atoms with Crippen LogP contribution in [0.5, 0.6) is 0 Å². The number of hydrogen-bond acceptors (Lipinski definition) is 3.